The first-order chi connectivity index (χ1) is 7.84. The summed E-state index contributed by atoms with van der Waals surface area (Å²) in [5, 5.41) is 0. The summed E-state index contributed by atoms with van der Waals surface area (Å²) in [7, 11) is 0. The van der Waals surface area contributed by atoms with Gasteiger partial charge in [-0.1, -0.05) is 18.2 Å². The molecule has 2 aliphatic heterocycles. The number of hydrogen-bond donors (Lipinski definition) is 0. The number of cyclic esters (lactones) is 1. The Balaban J connectivity index is 1.84. The third kappa shape index (κ3) is 1.69. The lowest BCUT2D eigenvalue weighted by atomic mass is 9.88. The lowest BCUT2D eigenvalue weighted by Crippen LogP contribution is -2.25. The quantitative estimate of drug-likeness (QED) is 0.459. The summed E-state index contributed by atoms with van der Waals surface area (Å²) in [6.07, 6.45) is 9.14. The number of allylic oxidation sites excluding steroid dienone is 2. The first-order valence-electron chi connectivity index (χ1n) is 5.94. The lowest BCUT2D eigenvalue weighted by molar-refractivity contribution is -0.139. The molecule has 16 heavy (non-hydrogen) atoms. The predicted molar refractivity (Wildman–Crippen MR) is 58.6 cm³/mol. The van der Waals surface area contributed by atoms with Crippen LogP contribution in [-0.2, 0) is 14.3 Å². The number of fused-ring (bicyclic) bond motifs is 3. The molecule has 4 atom stereocenters. The van der Waals surface area contributed by atoms with E-state index in [1.54, 1.807) is 6.08 Å². The molecule has 1 aliphatic carbocycles. The van der Waals surface area contributed by atoms with Crippen molar-refractivity contribution >= 4 is 5.97 Å². The summed E-state index contributed by atoms with van der Waals surface area (Å²) in [5.74, 6) is 1.83. The molecule has 0 N–H and O–H groups in total. The predicted octanol–water partition coefficient (Wildman–Crippen LogP) is 1.55. The Morgan fingerprint density at radius 3 is 2.88 bits per heavy atom. The van der Waals surface area contributed by atoms with E-state index in [4.69, 9.17) is 9.47 Å². The van der Waals surface area contributed by atoms with Gasteiger partial charge in [0.15, 0.2) is 0 Å². The van der Waals surface area contributed by atoms with Crippen LogP contribution in [0.2, 0.25) is 0 Å². The van der Waals surface area contributed by atoms with Crippen LogP contribution in [0, 0.1) is 23.7 Å². The van der Waals surface area contributed by atoms with Gasteiger partial charge in [0.2, 0.25) is 0 Å². The topological polar surface area (TPSA) is 35.5 Å². The van der Waals surface area contributed by atoms with Gasteiger partial charge in [0.25, 0.3) is 0 Å². The minimum Gasteiger partial charge on any atom is -0.462 e. The summed E-state index contributed by atoms with van der Waals surface area (Å²) in [6, 6.07) is 0. The van der Waals surface area contributed by atoms with Crippen LogP contribution in [0.3, 0.4) is 0 Å². The minimum atomic E-state index is -0.198. The molecule has 1 fully saturated rings. The fourth-order valence-electron chi connectivity index (χ4n) is 3.17. The second-order valence-corrected chi connectivity index (χ2v) is 4.85. The molecule has 0 spiro atoms. The summed E-state index contributed by atoms with van der Waals surface area (Å²) in [6.45, 7) is 2.07. The van der Waals surface area contributed by atoms with Crippen molar-refractivity contribution in [2.45, 2.75) is 6.42 Å². The molecule has 0 bridgehead atoms. The molecule has 86 valence electrons. The Morgan fingerprint density at radius 2 is 1.94 bits per heavy atom. The van der Waals surface area contributed by atoms with E-state index in [1.807, 2.05) is 6.08 Å². The van der Waals surface area contributed by atoms with Crippen molar-refractivity contribution in [3.63, 3.8) is 0 Å². The van der Waals surface area contributed by atoms with E-state index < -0.39 is 0 Å². The molecule has 2 heterocycles. The Hall–Kier alpha value is -1.09. The second kappa shape index (κ2) is 4.06. The standard InChI is InChI=1S/C13H16O3/c14-13-4-3-10-6-9-2-1-5-15-7-11(9)12(10)8-16-13/h1-4,9-12H,5-8H2/t9-,10+,11-,12+/m0/s1. The smallest absolute Gasteiger partial charge is 0.330 e. The monoisotopic (exact) mass is 220 g/mol. The molecular weight excluding hydrogens is 204 g/mol. The van der Waals surface area contributed by atoms with Crippen LogP contribution in [0.15, 0.2) is 24.3 Å². The highest BCUT2D eigenvalue weighted by Gasteiger charge is 2.42. The maximum Gasteiger partial charge on any atom is 0.330 e. The van der Waals surface area contributed by atoms with Crippen LogP contribution >= 0.6 is 0 Å². The van der Waals surface area contributed by atoms with E-state index in [1.165, 1.54) is 0 Å². The van der Waals surface area contributed by atoms with Gasteiger partial charge in [0, 0.05) is 12.0 Å². The van der Waals surface area contributed by atoms with Crippen LogP contribution in [0.5, 0.6) is 0 Å². The summed E-state index contributed by atoms with van der Waals surface area (Å²) in [5.41, 5.74) is 0. The van der Waals surface area contributed by atoms with Crippen molar-refractivity contribution < 1.29 is 14.3 Å². The van der Waals surface area contributed by atoms with Crippen molar-refractivity contribution in [2.75, 3.05) is 19.8 Å². The molecule has 0 aromatic rings. The maximum atomic E-state index is 11.2. The molecule has 0 amide bonds. The van der Waals surface area contributed by atoms with E-state index in [9.17, 15) is 4.79 Å². The van der Waals surface area contributed by atoms with Crippen LogP contribution in [0.1, 0.15) is 6.42 Å². The van der Waals surface area contributed by atoms with Crippen LogP contribution in [0.25, 0.3) is 0 Å². The number of ether oxygens (including phenoxy) is 2. The second-order valence-electron chi connectivity index (χ2n) is 4.85. The van der Waals surface area contributed by atoms with Gasteiger partial charge in [-0.25, -0.2) is 4.79 Å². The van der Waals surface area contributed by atoms with Crippen molar-refractivity contribution in [1.29, 1.82) is 0 Å². The largest absolute Gasteiger partial charge is 0.462 e. The van der Waals surface area contributed by atoms with Gasteiger partial charge in [0.1, 0.15) is 0 Å². The Kier molecular flexibility index (Phi) is 2.56. The van der Waals surface area contributed by atoms with E-state index >= 15 is 0 Å². The zero-order valence-electron chi connectivity index (χ0n) is 9.17. The average Bonchev–Trinajstić information content (AvgIpc) is 2.48. The third-order valence-corrected chi connectivity index (χ3v) is 4.00. The van der Waals surface area contributed by atoms with Gasteiger partial charge in [-0.2, -0.15) is 0 Å². The number of hydrogen-bond acceptors (Lipinski definition) is 3. The molecule has 0 saturated heterocycles. The molecule has 3 rings (SSSR count). The van der Waals surface area contributed by atoms with Gasteiger partial charge in [-0.05, 0) is 24.2 Å². The molecule has 0 aromatic heterocycles. The highest BCUT2D eigenvalue weighted by molar-refractivity contribution is 5.82. The zero-order chi connectivity index (χ0) is 11.0. The normalized spacial score (nSPS) is 41.9. The summed E-state index contributed by atoms with van der Waals surface area (Å²) < 4.78 is 10.8. The molecule has 0 aromatic carbocycles. The van der Waals surface area contributed by atoms with Crippen molar-refractivity contribution in [1.82, 2.24) is 0 Å². The number of carbonyl (C=O) groups excluding carboxylic acids is 1. The molecule has 3 heteroatoms. The van der Waals surface area contributed by atoms with E-state index in [0.717, 1.165) is 19.6 Å². The molecule has 3 aliphatic rings. The van der Waals surface area contributed by atoms with Crippen molar-refractivity contribution in [3.05, 3.63) is 24.3 Å². The fraction of sp³-hybridized carbons (Fsp3) is 0.615. The van der Waals surface area contributed by atoms with Gasteiger partial charge in [-0.15, -0.1) is 0 Å². The molecule has 0 unspecified atom stereocenters. The van der Waals surface area contributed by atoms with Crippen LogP contribution in [0.4, 0.5) is 0 Å². The highest BCUT2D eigenvalue weighted by atomic mass is 16.5. The number of rotatable bonds is 0. The van der Waals surface area contributed by atoms with E-state index in [0.29, 0.717) is 30.3 Å². The average molecular weight is 220 g/mol. The van der Waals surface area contributed by atoms with Gasteiger partial charge >= 0.3 is 5.97 Å². The first kappa shape index (κ1) is 10.1. The lowest BCUT2D eigenvalue weighted by Gasteiger charge is -2.22. The van der Waals surface area contributed by atoms with Gasteiger partial charge < -0.3 is 9.47 Å². The molecule has 1 saturated carbocycles. The number of esters is 1. The summed E-state index contributed by atoms with van der Waals surface area (Å²) in [4.78, 5) is 11.2. The van der Waals surface area contributed by atoms with Crippen LogP contribution in [-0.4, -0.2) is 25.8 Å². The molecule has 0 radical (unpaired) electrons. The Labute approximate surface area is 95.1 Å². The highest BCUT2D eigenvalue weighted by Crippen LogP contribution is 2.44. The van der Waals surface area contributed by atoms with E-state index in [-0.39, 0.29) is 5.97 Å². The van der Waals surface area contributed by atoms with Crippen molar-refractivity contribution in [3.8, 4) is 0 Å². The van der Waals surface area contributed by atoms with Gasteiger partial charge in [0.05, 0.1) is 19.8 Å². The Morgan fingerprint density at radius 1 is 1.12 bits per heavy atom. The minimum absolute atomic E-state index is 0.198. The molecule has 3 nitrogen and oxygen atoms in total. The maximum absolute atomic E-state index is 11.2. The van der Waals surface area contributed by atoms with Gasteiger partial charge in [-0.3, -0.25) is 0 Å². The number of carbonyl (C=O) groups is 1. The zero-order valence-corrected chi connectivity index (χ0v) is 9.17. The third-order valence-electron chi connectivity index (χ3n) is 4.00. The SMILES string of the molecule is O=C1C=C[C@@H]2C[C@@H]3C=CCOC[C@@H]3[C@@H]2CO1. The summed E-state index contributed by atoms with van der Waals surface area (Å²) >= 11 is 0. The van der Waals surface area contributed by atoms with Crippen LogP contribution < -0.4 is 0 Å². The molecular formula is C13H16O3. The van der Waals surface area contributed by atoms with Crippen molar-refractivity contribution in [2.24, 2.45) is 23.7 Å². The first-order valence-corrected chi connectivity index (χ1v) is 5.94. The van der Waals surface area contributed by atoms with E-state index in [2.05, 4.69) is 12.2 Å². The fourth-order valence-corrected chi connectivity index (χ4v) is 3.17. The Bertz CT molecular complexity index is 345.